The van der Waals surface area contributed by atoms with Crippen LogP contribution in [0.1, 0.15) is 86.9 Å². The zero-order chi connectivity index (χ0) is 31.6. The number of alkyl carbamates (subject to hydrolysis) is 1. The van der Waals surface area contributed by atoms with Crippen LogP contribution in [-0.2, 0) is 22.6 Å². The number of carbonyl (C=O) groups is 2. The number of nitrogens with one attached hydrogen (secondary N) is 3. The number of amides is 3. The Morgan fingerprint density at radius 1 is 1.02 bits per heavy atom. The molecule has 11 heteroatoms. The van der Waals surface area contributed by atoms with Crippen LogP contribution in [0.15, 0.2) is 24.4 Å². The van der Waals surface area contributed by atoms with E-state index in [1.165, 1.54) is 0 Å². The van der Waals surface area contributed by atoms with Gasteiger partial charge in [0, 0.05) is 37.2 Å². The number of pyridine rings is 1. The minimum atomic E-state index is -0.558. The van der Waals surface area contributed by atoms with Gasteiger partial charge in [0.15, 0.2) is 0 Å². The lowest BCUT2D eigenvalue weighted by atomic mass is 10.1. The second kappa shape index (κ2) is 15.2. The van der Waals surface area contributed by atoms with Crippen LogP contribution in [0.2, 0.25) is 0 Å². The molecule has 3 rings (SSSR count). The van der Waals surface area contributed by atoms with E-state index in [1.807, 2.05) is 73.6 Å². The van der Waals surface area contributed by atoms with Crippen LogP contribution in [0.4, 0.5) is 9.59 Å². The number of unbranched alkanes of at least 4 members (excludes halogenated alkanes) is 3. The second-order valence-electron chi connectivity index (χ2n) is 12.8. The number of aromatic nitrogens is 3. The third kappa shape index (κ3) is 10.9. The Morgan fingerprint density at radius 2 is 1.77 bits per heavy atom. The monoisotopic (exact) mass is 598 g/mol. The van der Waals surface area contributed by atoms with Crippen molar-refractivity contribution in [2.45, 2.75) is 111 Å². The van der Waals surface area contributed by atoms with Crippen molar-refractivity contribution >= 4 is 34.1 Å². The number of ether oxygens (including phenoxy) is 3. The average Bonchev–Trinajstić information content (AvgIpc) is 3.23. The summed E-state index contributed by atoms with van der Waals surface area (Å²) in [6, 6.07) is 5.78. The van der Waals surface area contributed by atoms with Crippen LogP contribution in [0.5, 0.6) is 5.75 Å². The molecule has 3 aromatic rings. The molecule has 0 fully saturated rings. The fraction of sp³-hybridized carbons (Fsp3) is 0.625. The van der Waals surface area contributed by atoms with Crippen molar-refractivity contribution in [3.05, 3.63) is 30.2 Å². The summed E-state index contributed by atoms with van der Waals surface area (Å²) < 4.78 is 19.2. The molecule has 1 aromatic carbocycles. The van der Waals surface area contributed by atoms with Crippen molar-refractivity contribution in [2.75, 3.05) is 19.8 Å². The largest absolute Gasteiger partial charge is 0.494 e. The first-order valence-corrected chi connectivity index (χ1v) is 15.3. The maximum absolute atomic E-state index is 12.5. The molecule has 0 unspecified atom stereocenters. The number of imidazole rings is 1. The normalized spacial score (nSPS) is 12.1. The van der Waals surface area contributed by atoms with E-state index in [-0.39, 0.29) is 18.2 Å². The zero-order valence-corrected chi connectivity index (χ0v) is 27.1. The van der Waals surface area contributed by atoms with Crippen LogP contribution < -0.4 is 20.7 Å². The summed E-state index contributed by atoms with van der Waals surface area (Å²) in [5, 5.41) is 9.74. The molecule has 0 aliphatic rings. The number of hydrogen-bond donors (Lipinski definition) is 3. The van der Waals surface area contributed by atoms with E-state index in [9.17, 15) is 9.59 Å². The number of benzene rings is 1. The Bertz CT molecular complexity index is 1360. The molecule has 0 saturated heterocycles. The van der Waals surface area contributed by atoms with Gasteiger partial charge in [-0.05, 0) is 80.4 Å². The van der Waals surface area contributed by atoms with Crippen LogP contribution >= 0.6 is 0 Å². The van der Waals surface area contributed by atoms with Gasteiger partial charge in [-0.15, -0.1) is 0 Å². The summed E-state index contributed by atoms with van der Waals surface area (Å²) in [6.07, 6.45) is 5.21. The number of urea groups is 1. The fourth-order valence-electron chi connectivity index (χ4n) is 4.72. The molecule has 43 heavy (non-hydrogen) atoms. The molecule has 0 bridgehead atoms. The molecular formula is C32H50N6O5. The highest BCUT2D eigenvalue weighted by atomic mass is 16.6. The topological polar surface area (TPSA) is 129 Å². The molecular weight excluding hydrogens is 548 g/mol. The molecule has 0 aliphatic heterocycles. The first-order valence-electron chi connectivity index (χ1n) is 15.3. The van der Waals surface area contributed by atoms with Crippen molar-refractivity contribution in [3.63, 3.8) is 0 Å². The molecule has 2 heterocycles. The molecule has 0 atom stereocenters. The first kappa shape index (κ1) is 33.9. The Hall–Kier alpha value is -3.60. The van der Waals surface area contributed by atoms with E-state index in [2.05, 4.69) is 25.5 Å². The van der Waals surface area contributed by atoms with E-state index in [4.69, 9.17) is 19.2 Å². The summed E-state index contributed by atoms with van der Waals surface area (Å²) in [6.45, 7) is 18.0. The van der Waals surface area contributed by atoms with Gasteiger partial charge in [0.1, 0.15) is 29.3 Å². The van der Waals surface area contributed by atoms with Gasteiger partial charge in [-0.2, -0.15) is 0 Å². The van der Waals surface area contributed by atoms with Gasteiger partial charge in [0.25, 0.3) is 0 Å². The van der Waals surface area contributed by atoms with E-state index < -0.39 is 11.1 Å². The van der Waals surface area contributed by atoms with E-state index in [0.717, 1.165) is 59.2 Å². The number of rotatable bonds is 15. The minimum Gasteiger partial charge on any atom is -0.494 e. The summed E-state index contributed by atoms with van der Waals surface area (Å²) >= 11 is 0. The lowest BCUT2D eigenvalue weighted by Gasteiger charge is -2.28. The van der Waals surface area contributed by atoms with Crippen molar-refractivity contribution in [3.8, 4) is 5.75 Å². The van der Waals surface area contributed by atoms with Crippen LogP contribution in [-0.4, -0.2) is 63.6 Å². The van der Waals surface area contributed by atoms with Gasteiger partial charge in [-0.25, -0.2) is 14.6 Å². The van der Waals surface area contributed by atoms with Gasteiger partial charge in [-0.3, -0.25) is 4.98 Å². The van der Waals surface area contributed by atoms with Crippen molar-refractivity contribution in [2.24, 2.45) is 0 Å². The molecule has 0 aliphatic carbocycles. The maximum atomic E-state index is 12.5. The Morgan fingerprint density at radius 3 is 2.47 bits per heavy atom. The SMILES string of the molecule is CCOCc1nc2cnc3cc(OCCCCCCNC(=O)OC(C)(C)C)ccc3c2n1CC(C)(C)NC(=O)NC(C)C. The summed E-state index contributed by atoms with van der Waals surface area (Å²) in [5.74, 6) is 1.55. The average molecular weight is 599 g/mol. The molecule has 3 amide bonds. The molecule has 11 nitrogen and oxygen atoms in total. The number of hydrogen-bond acceptors (Lipinski definition) is 7. The molecule has 0 saturated carbocycles. The predicted octanol–water partition coefficient (Wildman–Crippen LogP) is 6.07. The first-order chi connectivity index (χ1) is 20.3. The van der Waals surface area contributed by atoms with Gasteiger partial charge >= 0.3 is 12.1 Å². The zero-order valence-electron chi connectivity index (χ0n) is 27.1. The highest BCUT2D eigenvalue weighted by Crippen LogP contribution is 2.29. The fourth-order valence-corrected chi connectivity index (χ4v) is 4.72. The Labute approximate surface area is 255 Å². The maximum Gasteiger partial charge on any atom is 0.407 e. The van der Waals surface area contributed by atoms with Crippen molar-refractivity contribution in [1.82, 2.24) is 30.5 Å². The molecule has 2 aromatic heterocycles. The minimum absolute atomic E-state index is 0.0398. The number of carbonyl (C=O) groups excluding carboxylic acids is 2. The van der Waals surface area contributed by atoms with Gasteiger partial charge < -0.3 is 34.7 Å². The van der Waals surface area contributed by atoms with E-state index in [1.54, 1.807) is 6.20 Å². The highest BCUT2D eigenvalue weighted by Gasteiger charge is 2.25. The highest BCUT2D eigenvalue weighted by molar-refractivity contribution is 6.02. The molecule has 0 spiro atoms. The van der Waals surface area contributed by atoms with E-state index in [0.29, 0.717) is 32.9 Å². The standard InChI is InChI=1S/C32H50N6O5/c1-9-41-20-27-36-26-19-34-25-18-23(42-17-13-11-10-12-16-33-30(40)43-31(4,5)6)14-15-24(25)28(26)38(27)21-32(7,8)37-29(39)35-22(2)3/h14-15,18-19,22H,9-13,16-17,20-21H2,1-8H3,(H,33,40)(H2,35,37,39). The van der Waals surface area contributed by atoms with Gasteiger partial charge in [0.05, 0.1) is 29.4 Å². The Balaban J connectivity index is 1.64. The number of fused-ring (bicyclic) bond motifs is 3. The molecule has 0 radical (unpaired) electrons. The van der Waals surface area contributed by atoms with Crippen molar-refractivity contribution in [1.29, 1.82) is 0 Å². The third-order valence-corrected chi connectivity index (χ3v) is 6.49. The van der Waals surface area contributed by atoms with E-state index >= 15 is 0 Å². The van der Waals surface area contributed by atoms with Crippen molar-refractivity contribution < 1.29 is 23.8 Å². The van der Waals surface area contributed by atoms with Crippen LogP contribution in [0.3, 0.4) is 0 Å². The summed E-state index contributed by atoms with van der Waals surface area (Å²) in [5.41, 5.74) is 1.49. The lowest BCUT2D eigenvalue weighted by Crippen LogP contribution is -2.52. The number of nitrogens with zero attached hydrogens (tertiary/aromatic N) is 3. The quantitative estimate of drug-likeness (QED) is 0.181. The lowest BCUT2D eigenvalue weighted by molar-refractivity contribution is 0.0526. The summed E-state index contributed by atoms with van der Waals surface area (Å²) in [7, 11) is 0. The molecule has 3 N–H and O–H groups in total. The van der Waals surface area contributed by atoms with Crippen LogP contribution in [0, 0.1) is 0 Å². The van der Waals surface area contributed by atoms with Gasteiger partial charge in [0.2, 0.25) is 0 Å². The molecule has 238 valence electrons. The third-order valence-electron chi connectivity index (χ3n) is 6.49. The predicted molar refractivity (Wildman–Crippen MR) is 169 cm³/mol. The Kier molecular flexibility index (Phi) is 12.0. The van der Waals surface area contributed by atoms with Crippen LogP contribution in [0.25, 0.3) is 21.9 Å². The smallest absolute Gasteiger partial charge is 0.407 e. The second-order valence-corrected chi connectivity index (χ2v) is 12.8. The summed E-state index contributed by atoms with van der Waals surface area (Å²) in [4.78, 5) is 33.7. The van der Waals surface area contributed by atoms with Gasteiger partial charge in [-0.1, -0.05) is 12.8 Å².